The number of fused-ring (bicyclic) bond motifs is 1. The molecule has 0 aromatic carbocycles. The summed E-state index contributed by atoms with van der Waals surface area (Å²) in [6.07, 6.45) is 4.17. The third-order valence-corrected chi connectivity index (χ3v) is 3.90. The van der Waals surface area contributed by atoms with Crippen LogP contribution in [-0.2, 0) is 4.79 Å². The quantitative estimate of drug-likeness (QED) is 0.875. The summed E-state index contributed by atoms with van der Waals surface area (Å²) >= 11 is 0. The van der Waals surface area contributed by atoms with Gasteiger partial charge in [-0.3, -0.25) is 4.79 Å². The lowest BCUT2D eigenvalue weighted by atomic mass is 9.96. The van der Waals surface area contributed by atoms with Gasteiger partial charge in [0.05, 0.1) is 5.92 Å². The fraction of sp³-hybridized carbons (Fsp3) is 0.538. The van der Waals surface area contributed by atoms with Crippen molar-refractivity contribution in [3.05, 3.63) is 18.1 Å². The van der Waals surface area contributed by atoms with E-state index in [0.717, 1.165) is 30.8 Å². The minimum Gasteiger partial charge on any atom is -0.481 e. The Balaban J connectivity index is 1.77. The summed E-state index contributed by atoms with van der Waals surface area (Å²) in [5.74, 6) is 0.595. The Kier molecular flexibility index (Phi) is 3.25. The largest absolute Gasteiger partial charge is 0.481 e. The number of aliphatic carboxylic acids is 1. The number of anilines is 1. The fourth-order valence-electron chi connectivity index (χ4n) is 2.90. The molecule has 2 heterocycles. The normalized spacial score (nSPS) is 22.2. The highest BCUT2D eigenvalue weighted by Crippen LogP contribution is 2.32. The summed E-state index contributed by atoms with van der Waals surface area (Å²) in [4.78, 5) is 19.5. The summed E-state index contributed by atoms with van der Waals surface area (Å²) in [5, 5.41) is 16.6. The molecule has 1 saturated carbocycles. The van der Waals surface area contributed by atoms with Gasteiger partial charge in [0, 0.05) is 18.3 Å². The van der Waals surface area contributed by atoms with Gasteiger partial charge in [-0.25, -0.2) is 4.98 Å². The molecule has 1 aliphatic carbocycles. The summed E-state index contributed by atoms with van der Waals surface area (Å²) in [6, 6.07) is 1.90. The predicted octanol–water partition coefficient (Wildman–Crippen LogP) is 1.35. The van der Waals surface area contributed by atoms with Crippen molar-refractivity contribution in [3.63, 3.8) is 0 Å². The summed E-state index contributed by atoms with van der Waals surface area (Å²) in [6.45, 7) is 2.53. The van der Waals surface area contributed by atoms with Crippen LogP contribution in [0.1, 0.15) is 25.0 Å². The molecule has 106 valence electrons. The van der Waals surface area contributed by atoms with Crippen LogP contribution in [0.15, 0.2) is 12.4 Å². The smallest absolute Gasteiger partial charge is 0.306 e. The van der Waals surface area contributed by atoms with Gasteiger partial charge >= 0.3 is 5.97 Å². The van der Waals surface area contributed by atoms with Crippen LogP contribution in [0.5, 0.6) is 0 Å². The van der Waals surface area contributed by atoms with Crippen molar-refractivity contribution in [2.24, 2.45) is 11.8 Å². The molecule has 7 heteroatoms. The van der Waals surface area contributed by atoms with Crippen LogP contribution < -0.4 is 5.32 Å². The Labute approximate surface area is 116 Å². The standard InChI is InChI=1S/C13H17N5O2/c1-8-5-11(18-13(17-8)15-7-16-18)14-6-9-3-2-4-10(9)12(19)20/h5,7,9-10,14H,2-4,6H2,1H3,(H,19,20). The molecule has 20 heavy (non-hydrogen) atoms. The number of aryl methyl sites for hydroxylation is 1. The maximum absolute atomic E-state index is 11.2. The molecule has 2 unspecified atom stereocenters. The van der Waals surface area contributed by atoms with Crippen molar-refractivity contribution >= 4 is 17.6 Å². The molecule has 0 saturated heterocycles. The monoisotopic (exact) mass is 275 g/mol. The average molecular weight is 275 g/mol. The molecule has 0 radical (unpaired) electrons. The summed E-state index contributed by atoms with van der Waals surface area (Å²) in [5.41, 5.74) is 0.856. The molecule has 0 bridgehead atoms. The lowest BCUT2D eigenvalue weighted by Gasteiger charge is -2.17. The van der Waals surface area contributed by atoms with E-state index in [1.165, 1.54) is 6.33 Å². The number of nitrogens with zero attached hydrogens (tertiary/aromatic N) is 4. The van der Waals surface area contributed by atoms with Gasteiger partial charge in [0.1, 0.15) is 12.1 Å². The lowest BCUT2D eigenvalue weighted by molar-refractivity contribution is -0.142. The third-order valence-electron chi connectivity index (χ3n) is 3.90. The molecule has 0 spiro atoms. The number of carbonyl (C=O) groups is 1. The molecular weight excluding hydrogens is 258 g/mol. The van der Waals surface area contributed by atoms with Crippen molar-refractivity contribution in [2.75, 3.05) is 11.9 Å². The van der Waals surface area contributed by atoms with Crippen LogP contribution in [0.3, 0.4) is 0 Å². The second kappa shape index (κ2) is 5.07. The number of hydrogen-bond donors (Lipinski definition) is 2. The molecule has 0 aliphatic heterocycles. The van der Waals surface area contributed by atoms with Gasteiger partial charge in [-0.1, -0.05) is 6.42 Å². The third kappa shape index (κ3) is 2.31. The van der Waals surface area contributed by atoms with Crippen molar-refractivity contribution in [2.45, 2.75) is 26.2 Å². The highest BCUT2D eigenvalue weighted by Gasteiger charge is 2.32. The molecule has 2 N–H and O–H groups in total. The first-order valence-corrected chi connectivity index (χ1v) is 6.79. The zero-order valence-corrected chi connectivity index (χ0v) is 11.3. The first-order valence-electron chi connectivity index (χ1n) is 6.79. The van der Waals surface area contributed by atoms with E-state index < -0.39 is 5.97 Å². The van der Waals surface area contributed by atoms with E-state index in [1.807, 2.05) is 13.0 Å². The predicted molar refractivity (Wildman–Crippen MR) is 72.5 cm³/mol. The minimum atomic E-state index is -0.689. The Hall–Kier alpha value is -2.18. The molecule has 1 aliphatic rings. The van der Waals surface area contributed by atoms with E-state index in [0.29, 0.717) is 12.3 Å². The van der Waals surface area contributed by atoms with E-state index in [9.17, 15) is 9.90 Å². The first kappa shape index (κ1) is 12.8. The van der Waals surface area contributed by atoms with Gasteiger partial charge in [0.15, 0.2) is 0 Å². The fourth-order valence-corrected chi connectivity index (χ4v) is 2.90. The minimum absolute atomic E-state index is 0.166. The van der Waals surface area contributed by atoms with E-state index in [1.54, 1.807) is 4.52 Å². The molecule has 1 fully saturated rings. The number of carboxylic acid groups (broad SMARTS) is 1. The van der Waals surface area contributed by atoms with E-state index >= 15 is 0 Å². The maximum Gasteiger partial charge on any atom is 0.306 e. The van der Waals surface area contributed by atoms with Gasteiger partial charge in [-0.05, 0) is 25.7 Å². The van der Waals surface area contributed by atoms with Crippen LogP contribution in [0.4, 0.5) is 5.82 Å². The van der Waals surface area contributed by atoms with Crippen molar-refractivity contribution < 1.29 is 9.90 Å². The van der Waals surface area contributed by atoms with Gasteiger partial charge < -0.3 is 10.4 Å². The molecular formula is C13H17N5O2. The number of aromatic nitrogens is 4. The Bertz CT molecular complexity index is 639. The lowest BCUT2D eigenvalue weighted by Crippen LogP contribution is -2.25. The number of carboxylic acids is 1. The number of nitrogens with one attached hydrogen (secondary N) is 1. The summed E-state index contributed by atoms with van der Waals surface area (Å²) < 4.78 is 1.64. The van der Waals surface area contributed by atoms with Crippen LogP contribution in [0.25, 0.3) is 5.78 Å². The molecule has 7 nitrogen and oxygen atoms in total. The van der Waals surface area contributed by atoms with E-state index in [-0.39, 0.29) is 11.8 Å². The van der Waals surface area contributed by atoms with E-state index in [2.05, 4.69) is 20.4 Å². The Morgan fingerprint density at radius 2 is 2.40 bits per heavy atom. The van der Waals surface area contributed by atoms with Gasteiger partial charge in [-0.2, -0.15) is 14.6 Å². The zero-order chi connectivity index (χ0) is 14.1. The van der Waals surface area contributed by atoms with Crippen molar-refractivity contribution in [1.29, 1.82) is 0 Å². The SMILES string of the molecule is Cc1cc(NCC2CCCC2C(=O)O)n2ncnc2n1. The average Bonchev–Trinajstić information content (AvgIpc) is 3.03. The zero-order valence-electron chi connectivity index (χ0n) is 11.3. The summed E-state index contributed by atoms with van der Waals surface area (Å²) in [7, 11) is 0. The molecule has 3 rings (SSSR count). The van der Waals surface area contributed by atoms with Gasteiger partial charge in [-0.15, -0.1) is 0 Å². The van der Waals surface area contributed by atoms with Crippen LogP contribution >= 0.6 is 0 Å². The first-order chi connectivity index (χ1) is 9.65. The topological polar surface area (TPSA) is 92.4 Å². The van der Waals surface area contributed by atoms with E-state index in [4.69, 9.17) is 0 Å². The highest BCUT2D eigenvalue weighted by atomic mass is 16.4. The van der Waals surface area contributed by atoms with Crippen LogP contribution in [0.2, 0.25) is 0 Å². The van der Waals surface area contributed by atoms with Crippen LogP contribution in [-0.4, -0.2) is 37.2 Å². The second-order valence-corrected chi connectivity index (χ2v) is 5.27. The molecule has 2 atom stereocenters. The Morgan fingerprint density at radius 1 is 1.55 bits per heavy atom. The molecule has 0 amide bonds. The van der Waals surface area contributed by atoms with Crippen molar-refractivity contribution in [3.8, 4) is 0 Å². The Morgan fingerprint density at radius 3 is 3.20 bits per heavy atom. The molecule has 2 aromatic heterocycles. The van der Waals surface area contributed by atoms with Gasteiger partial charge in [0.2, 0.25) is 0 Å². The molecule has 2 aromatic rings. The van der Waals surface area contributed by atoms with Crippen molar-refractivity contribution in [1.82, 2.24) is 19.6 Å². The van der Waals surface area contributed by atoms with Crippen LogP contribution in [0, 0.1) is 18.8 Å². The maximum atomic E-state index is 11.2. The number of hydrogen-bond acceptors (Lipinski definition) is 5. The number of rotatable bonds is 4. The second-order valence-electron chi connectivity index (χ2n) is 5.27. The highest BCUT2D eigenvalue weighted by molar-refractivity contribution is 5.70. The van der Waals surface area contributed by atoms with Gasteiger partial charge in [0.25, 0.3) is 5.78 Å².